The third-order valence-electron chi connectivity index (χ3n) is 2.82. The van der Waals surface area contributed by atoms with Gasteiger partial charge in [-0.25, -0.2) is 21.5 Å². The zero-order chi connectivity index (χ0) is 14.3. The molecule has 19 heavy (non-hydrogen) atoms. The van der Waals surface area contributed by atoms with Crippen LogP contribution >= 0.6 is 15.9 Å². The maximum atomic E-state index is 11.6. The van der Waals surface area contributed by atoms with Gasteiger partial charge in [-0.1, -0.05) is 15.9 Å². The summed E-state index contributed by atoms with van der Waals surface area (Å²) in [5, 5.41) is 4.19. The highest BCUT2D eigenvalue weighted by Gasteiger charge is 2.31. The molecule has 1 unspecified atom stereocenters. The number of sulfonamides is 1. The molecule has 2 rings (SSSR count). The molecule has 0 aliphatic carbocycles. The second-order valence-corrected chi connectivity index (χ2v) is 9.75. The van der Waals surface area contributed by atoms with E-state index in [1.807, 2.05) is 0 Å². The van der Waals surface area contributed by atoms with Gasteiger partial charge in [0, 0.05) is 6.07 Å². The number of alkyl halides is 1. The van der Waals surface area contributed by atoms with Crippen molar-refractivity contribution in [3.63, 3.8) is 0 Å². The van der Waals surface area contributed by atoms with Crippen LogP contribution in [0.4, 0.5) is 5.82 Å². The molecule has 108 valence electrons. The Morgan fingerprint density at radius 3 is 2.79 bits per heavy atom. The van der Waals surface area contributed by atoms with Crippen LogP contribution in [0, 0.1) is 6.92 Å². The highest BCUT2D eigenvalue weighted by Crippen LogP contribution is 2.27. The predicted octanol–water partition coefficient (Wildman–Crippen LogP) is 0.645. The average molecular weight is 372 g/mol. The van der Waals surface area contributed by atoms with E-state index in [4.69, 9.17) is 0 Å². The second kappa shape index (κ2) is 5.06. The molecular weight excluding hydrogens is 358 g/mol. The first kappa shape index (κ1) is 14.8. The van der Waals surface area contributed by atoms with Crippen LogP contribution in [0.2, 0.25) is 0 Å². The van der Waals surface area contributed by atoms with Crippen LogP contribution in [-0.2, 0) is 19.9 Å². The standard InChI is InChI=1S/C9H14BrN3O4S2/c1-7-4-9(12-19(16,17)6-10)13(11-7)8-2-3-18(14,15)5-8/h4,8,12H,2-3,5-6H2,1H3. The number of nitrogens with one attached hydrogen (secondary N) is 1. The normalized spacial score (nSPS) is 22.5. The quantitative estimate of drug-likeness (QED) is 0.783. The Morgan fingerprint density at radius 2 is 2.26 bits per heavy atom. The number of nitrogens with zero attached hydrogens (tertiary/aromatic N) is 2. The Hall–Kier alpha value is -0.610. The summed E-state index contributed by atoms with van der Waals surface area (Å²) in [6, 6.07) is 1.28. The fraction of sp³-hybridized carbons (Fsp3) is 0.667. The van der Waals surface area contributed by atoms with Gasteiger partial charge in [0.2, 0.25) is 10.0 Å². The van der Waals surface area contributed by atoms with Gasteiger partial charge < -0.3 is 0 Å². The van der Waals surface area contributed by atoms with E-state index in [9.17, 15) is 16.8 Å². The van der Waals surface area contributed by atoms with Gasteiger partial charge in [-0.05, 0) is 13.3 Å². The smallest absolute Gasteiger partial charge is 0.243 e. The van der Waals surface area contributed by atoms with E-state index in [-0.39, 0.29) is 22.2 Å². The molecule has 1 fully saturated rings. The molecule has 0 bridgehead atoms. The molecule has 0 radical (unpaired) electrons. The van der Waals surface area contributed by atoms with Crippen LogP contribution < -0.4 is 4.72 Å². The van der Waals surface area contributed by atoms with Crippen LogP contribution in [0.3, 0.4) is 0 Å². The summed E-state index contributed by atoms with van der Waals surface area (Å²) in [4.78, 5) is 0. The van der Waals surface area contributed by atoms with E-state index >= 15 is 0 Å². The van der Waals surface area contributed by atoms with Gasteiger partial charge in [0.15, 0.2) is 9.84 Å². The van der Waals surface area contributed by atoms with Crippen LogP contribution in [0.25, 0.3) is 0 Å². The number of rotatable bonds is 4. The number of hydrogen-bond acceptors (Lipinski definition) is 5. The van der Waals surface area contributed by atoms with Crippen molar-refractivity contribution >= 4 is 41.6 Å². The van der Waals surface area contributed by atoms with Crippen molar-refractivity contribution in [3.8, 4) is 0 Å². The second-order valence-electron chi connectivity index (χ2n) is 4.50. The molecule has 10 heteroatoms. The lowest BCUT2D eigenvalue weighted by Gasteiger charge is -2.13. The molecule has 0 amide bonds. The minimum atomic E-state index is -3.48. The van der Waals surface area contributed by atoms with Gasteiger partial charge in [-0.3, -0.25) is 4.72 Å². The SMILES string of the molecule is Cc1cc(NS(=O)(=O)CBr)n(C2CCS(=O)(=O)C2)n1. The first-order valence-corrected chi connectivity index (χ1v) is 10.1. The fourth-order valence-electron chi connectivity index (χ4n) is 2.03. The zero-order valence-corrected chi connectivity index (χ0v) is 13.4. The number of halogens is 1. The van der Waals surface area contributed by atoms with Crippen molar-refractivity contribution < 1.29 is 16.8 Å². The monoisotopic (exact) mass is 371 g/mol. The molecule has 1 N–H and O–H groups in total. The van der Waals surface area contributed by atoms with E-state index in [2.05, 4.69) is 25.8 Å². The fourth-order valence-corrected chi connectivity index (χ4v) is 4.59. The van der Waals surface area contributed by atoms with Crippen molar-refractivity contribution in [3.05, 3.63) is 11.8 Å². The maximum Gasteiger partial charge on any atom is 0.243 e. The topological polar surface area (TPSA) is 98.1 Å². The van der Waals surface area contributed by atoms with Gasteiger partial charge in [0.05, 0.1) is 23.2 Å². The largest absolute Gasteiger partial charge is 0.267 e. The molecular formula is C9H14BrN3O4S2. The Kier molecular flexibility index (Phi) is 3.94. The molecule has 1 aliphatic rings. The van der Waals surface area contributed by atoms with Gasteiger partial charge in [0.25, 0.3) is 0 Å². The van der Waals surface area contributed by atoms with Crippen LogP contribution in [-0.4, -0.2) is 42.8 Å². The number of sulfone groups is 1. The summed E-state index contributed by atoms with van der Waals surface area (Å²) in [6.07, 6.45) is 0.451. The minimum Gasteiger partial charge on any atom is -0.267 e. The van der Waals surface area contributed by atoms with Crippen LogP contribution in [0.5, 0.6) is 0 Å². The maximum absolute atomic E-state index is 11.6. The van der Waals surface area contributed by atoms with E-state index in [0.29, 0.717) is 17.9 Å². The molecule has 1 aromatic rings. The molecule has 1 aromatic heterocycles. The molecule has 7 nitrogen and oxygen atoms in total. The zero-order valence-electron chi connectivity index (χ0n) is 10.2. The summed E-state index contributed by atoms with van der Waals surface area (Å²) < 4.78 is 49.7. The van der Waals surface area contributed by atoms with E-state index in [1.165, 1.54) is 4.68 Å². The number of aromatic nitrogens is 2. The predicted molar refractivity (Wildman–Crippen MR) is 75.6 cm³/mol. The Balaban J connectivity index is 2.32. The van der Waals surface area contributed by atoms with Crippen LogP contribution in [0.1, 0.15) is 18.2 Å². The highest BCUT2D eigenvalue weighted by atomic mass is 79.9. The first-order valence-electron chi connectivity index (χ1n) is 5.55. The van der Waals surface area contributed by atoms with Crippen molar-refractivity contribution in [2.75, 3.05) is 20.9 Å². The van der Waals surface area contributed by atoms with Gasteiger partial charge in [-0.15, -0.1) is 0 Å². The van der Waals surface area contributed by atoms with Crippen molar-refractivity contribution in [2.24, 2.45) is 0 Å². The third kappa shape index (κ3) is 3.48. The lowest BCUT2D eigenvalue weighted by molar-refractivity contribution is 0.503. The molecule has 0 saturated carbocycles. The highest BCUT2D eigenvalue weighted by molar-refractivity contribution is 9.10. The van der Waals surface area contributed by atoms with Gasteiger partial charge >= 0.3 is 0 Å². The summed E-state index contributed by atoms with van der Waals surface area (Å²) in [5.41, 5.74) is 0.636. The van der Waals surface area contributed by atoms with Crippen LogP contribution in [0.15, 0.2) is 6.07 Å². The summed E-state index contributed by atoms with van der Waals surface area (Å²) >= 11 is 2.89. The molecule has 1 saturated heterocycles. The molecule has 0 spiro atoms. The third-order valence-corrected chi connectivity index (χ3v) is 7.18. The van der Waals surface area contributed by atoms with Gasteiger partial charge in [-0.2, -0.15) is 5.10 Å². The number of anilines is 1. The van der Waals surface area contributed by atoms with Crippen molar-refractivity contribution in [2.45, 2.75) is 19.4 Å². The Morgan fingerprint density at radius 1 is 1.58 bits per heavy atom. The molecule has 1 aliphatic heterocycles. The van der Waals surface area contributed by atoms with E-state index in [0.717, 1.165) is 0 Å². The van der Waals surface area contributed by atoms with Gasteiger partial charge in [0.1, 0.15) is 10.5 Å². The number of aryl methyl sites for hydroxylation is 1. The molecule has 0 aromatic carbocycles. The lowest BCUT2D eigenvalue weighted by Crippen LogP contribution is -2.20. The van der Waals surface area contributed by atoms with E-state index < -0.39 is 19.9 Å². The molecule has 1 atom stereocenters. The number of hydrogen-bond donors (Lipinski definition) is 1. The Labute approximate surface area is 120 Å². The average Bonchev–Trinajstić information content (AvgIpc) is 2.81. The minimum absolute atomic E-state index is 0.00282. The first-order chi connectivity index (χ1) is 8.72. The lowest BCUT2D eigenvalue weighted by atomic mass is 10.3. The summed E-state index contributed by atoms with van der Waals surface area (Å²) in [7, 11) is -6.53. The Bertz CT molecular complexity index is 680. The molecule has 2 heterocycles. The van der Waals surface area contributed by atoms with Crippen molar-refractivity contribution in [1.82, 2.24) is 9.78 Å². The van der Waals surface area contributed by atoms with E-state index in [1.54, 1.807) is 13.0 Å². The summed E-state index contributed by atoms with van der Waals surface area (Å²) in [5.74, 6) is 0.414. The van der Waals surface area contributed by atoms with Crippen molar-refractivity contribution in [1.29, 1.82) is 0 Å². The summed E-state index contributed by atoms with van der Waals surface area (Å²) in [6.45, 7) is 1.73.